The summed E-state index contributed by atoms with van der Waals surface area (Å²) in [5.41, 5.74) is 0. The molecule has 5 unspecified atom stereocenters. The van der Waals surface area contributed by atoms with Crippen molar-refractivity contribution < 1.29 is 30.0 Å². The smallest absolute Gasteiger partial charge is 0.184 e. The van der Waals surface area contributed by atoms with Gasteiger partial charge in [0, 0.05) is 6.42 Å². The summed E-state index contributed by atoms with van der Waals surface area (Å²) in [6, 6.07) is 0. The summed E-state index contributed by atoms with van der Waals surface area (Å²) in [7, 11) is 0. The topological polar surface area (TPSA) is 107 Å². The molecule has 6 heteroatoms. The third kappa shape index (κ3) is 2.53. The van der Waals surface area contributed by atoms with Crippen LogP contribution in [0.2, 0.25) is 0 Å². The lowest BCUT2D eigenvalue weighted by Crippen LogP contribution is -2.42. The molecule has 88 valence electrons. The lowest BCUT2D eigenvalue weighted by atomic mass is 10.0. The van der Waals surface area contributed by atoms with E-state index in [1.807, 2.05) is 0 Å². The van der Waals surface area contributed by atoms with Crippen LogP contribution < -0.4 is 0 Å². The quantitative estimate of drug-likeness (QED) is 0.443. The van der Waals surface area contributed by atoms with Crippen molar-refractivity contribution in [2.45, 2.75) is 50.5 Å². The van der Waals surface area contributed by atoms with Gasteiger partial charge in [-0.15, -0.1) is 0 Å². The molecular weight excluding hydrogens is 204 g/mol. The van der Waals surface area contributed by atoms with Crippen LogP contribution in [-0.2, 0) is 9.53 Å². The van der Waals surface area contributed by atoms with Crippen LogP contribution in [0.25, 0.3) is 0 Å². The van der Waals surface area contributed by atoms with Gasteiger partial charge in [-0.25, -0.2) is 0 Å². The normalized spacial score (nSPS) is 37.9. The summed E-state index contributed by atoms with van der Waals surface area (Å²) in [4.78, 5) is 11.3. The van der Waals surface area contributed by atoms with Gasteiger partial charge >= 0.3 is 0 Å². The zero-order valence-corrected chi connectivity index (χ0v) is 8.41. The molecule has 0 aromatic carbocycles. The number of hydrogen-bond donors (Lipinski definition) is 4. The van der Waals surface area contributed by atoms with E-state index in [1.165, 1.54) is 0 Å². The molecule has 15 heavy (non-hydrogen) atoms. The van der Waals surface area contributed by atoms with Gasteiger partial charge in [-0.05, 0) is 6.42 Å². The Bertz CT molecular complexity index is 231. The molecule has 1 aliphatic rings. The molecule has 6 nitrogen and oxygen atoms in total. The highest BCUT2D eigenvalue weighted by molar-refractivity contribution is 5.83. The van der Waals surface area contributed by atoms with Gasteiger partial charge in [-0.2, -0.15) is 0 Å². The SMILES string of the molecule is CCCC(=O)C(O)C1OC(O)C(O)C1O. The maximum Gasteiger partial charge on any atom is 0.184 e. The number of hydrogen-bond acceptors (Lipinski definition) is 6. The Morgan fingerprint density at radius 3 is 2.33 bits per heavy atom. The summed E-state index contributed by atoms with van der Waals surface area (Å²) >= 11 is 0. The predicted molar refractivity (Wildman–Crippen MR) is 48.8 cm³/mol. The Labute approximate surface area is 87.1 Å². The number of rotatable bonds is 4. The lowest BCUT2D eigenvalue weighted by molar-refractivity contribution is -0.157. The van der Waals surface area contributed by atoms with E-state index in [0.29, 0.717) is 6.42 Å². The monoisotopic (exact) mass is 220 g/mol. The van der Waals surface area contributed by atoms with Gasteiger partial charge in [0.2, 0.25) is 0 Å². The van der Waals surface area contributed by atoms with Crippen LogP contribution in [0.15, 0.2) is 0 Å². The molecule has 4 N–H and O–H groups in total. The third-order valence-electron chi connectivity index (χ3n) is 2.41. The van der Waals surface area contributed by atoms with Crippen LogP contribution in [0.3, 0.4) is 0 Å². The van der Waals surface area contributed by atoms with E-state index in [1.54, 1.807) is 6.92 Å². The van der Waals surface area contributed by atoms with Crippen molar-refractivity contribution in [3.63, 3.8) is 0 Å². The van der Waals surface area contributed by atoms with Crippen molar-refractivity contribution in [2.24, 2.45) is 0 Å². The van der Waals surface area contributed by atoms with Crippen LogP contribution in [0, 0.1) is 0 Å². The molecule has 0 saturated carbocycles. The van der Waals surface area contributed by atoms with E-state index >= 15 is 0 Å². The Morgan fingerprint density at radius 2 is 1.93 bits per heavy atom. The second-order valence-electron chi connectivity index (χ2n) is 3.63. The number of carbonyl (C=O) groups is 1. The van der Waals surface area contributed by atoms with Gasteiger partial charge in [0.25, 0.3) is 0 Å². The second-order valence-corrected chi connectivity index (χ2v) is 3.63. The van der Waals surface area contributed by atoms with Crippen molar-refractivity contribution in [3.8, 4) is 0 Å². The third-order valence-corrected chi connectivity index (χ3v) is 2.41. The van der Waals surface area contributed by atoms with Gasteiger partial charge in [0.1, 0.15) is 24.4 Å². The first-order valence-electron chi connectivity index (χ1n) is 4.89. The van der Waals surface area contributed by atoms with Crippen LogP contribution >= 0.6 is 0 Å². The number of Topliss-reactive ketones (excluding diaryl/α,β-unsaturated/α-hetero) is 1. The summed E-state index contributed by atoms with van der Waals surface area (Å²) < 4.78 is 4.70. The van der Waals surface area contributed by atoms with Crippen molar-refractivity contribution in [2.75, 3.05) is 0 Å². The molecule has 1 fully saturated rings. The van der Waals surface area contributed by atoms with E-state index in [2.05, 4.69) is 0 Å². The highest BCUT2D eigenvalue weighted by Gasteiger charge is 2.46. The predicted octanol–water partition coefficient (Wildman–Crippen LogP) is -1.84. The van der Waals surface area contributed by atoms with Crippen molar-refractivity contribution >= 4 is 5.78 Å². The zero-order valence-electron chi connectivity index (χ0n) is 8.41. The van der Waals surface area contributed by atoms with Crippen molar-refractivity contribution in [1.29, 1.82) is 0 Å². The van der Waals surface area contributed by atoms with E-state index in [-0.39, 0.29) is 6.42 Å². The van der Waals surface area contributed by atoms with E-state index in [9.17, 15) is 15.0 Å². The highest BCUT2D eigenvalue weighted by Crippen LogP contribution is 2.23. The van der Waals surface area contributed by atoms with Crippen molar-refractivity contribution in [3.05, 3.63) is 0 Å². The Balaban J connectivity index is 2.61. The first-order chi connectivity index (χ1) is 6.99. The first-order valence-corrected chi connectivity index (χ1v) is 4.89. The summed E-state index contributed by atoms with van der Waals surface area (Å²) in [6.45, 7) is 1.78. The Hall–Kier alpha value is -0.530. The lowest BCUT2D eigenvalue weighted by Gasteiger charge is -2.19. The van der Waals surface area contributed by atoms with Crippen LogP contribution in [0.5, 0.6) is 0 Å². The fourth-order valence-corrected chi connectivity index (χ4v) is 1.52. The van der Waals surface area contributed by atoms with Crippen LogP contribution in [0.4, 0.5) is 0 Å². The average molecular weight is 220 g/mol. The maximum atomic E-state index is 11.3. The second kappa shape index (κ2) is 5.00. The maximum absolute atomic E-state index is 11.3. The molecule has 0 amide bonds. The van der Waals surface area contributed by atoms with Gasteiger partial charge in [0.15, 0.2) is 12.1 Å². The van der Waals surface area contributed by atoms with Crippen LogP contribution in [-0.4, -0.2) is 56.9 Å². The summed E-state index contributed by atoms with van der Waals surface area (Å²) in [6.07, 6.45) is -6.52. The number of aliphatic hydroxyl groups excluding tert-OH is 4. The minimum atomic E-state index is -1.56. The molecule has 0 aromatic heterocycles. The van der Waals surface area contributed by atoms with E-state index in [4.69, 9.17) is 14.9 Å². The molecule has 5 atom stereocenters. The summed E-state index contributed by atoms with van der Waals surface area (Å²) in [5, 5.41) is 37.1. The Kier molecular flexibility index (Phi) is 4.18. The molecule has 0 bridgehead atoms. The molecule has 1 saturated heterocycles. The molecule has 1 aliphatic heterocycles. The molecule has 0 aromatic rings. The fraction of sp³-hybridized carbons (Fsp3) is 0.889. The molecule has 0 aliphatic carbocycles. The minimum absolute atomic E-state index is 0.167. The Morgan fingerprint density at radius 1 is 1.33 bits per heavy atom. The number of ether oxygens (including phenoxy) is 1. The fourth-order valence-electron chi connectivity index (χ4n) is 1.52. The van der Waals surface area contributed by atoms with E-state index in [0.717, 1.165) is 0 Å². The largest absolute Gasteiger partial charge is 0.387 e. The van der Waals surface area contributed by atoms with Crippen LogP contribution in [0.1, 0.15) is 19.8 Å². The van der Waals surface area contributed by atoms with Gasteiger partial charge in [0.05, 0.1) is 0 Å². The number of carbonyl (C=O) groups excluding carboxylic acids is 1. The van der Waals surface area contributed by atoms with Gasteiger partial charge in [-0.1, -0.05) is 6.92 Å². The van der Waals surface area contributed by atoms with Gasteiger partial charge in [-0.3, -0.25) is 4.79 Å². The molecule has 0 spiro atoms. The first kappa shape index (κ1) is 12.5. The standard InChI is InChI=1S/C9H16O6/c1-2-3-4(10)5(11)8-6(12)7(13)9(14)15-8/h5-9,11-14H,2-3H2,1H3. The molecule has 0 radical (unpaired) electrons. The minimum Gasteiger partial charge on any atom is -0.387 e. The average Bonchev–Trinajstić information content (AvgIpc) is 2.45. The van der Waals surface area contributed by atoms with Crippen molar-refractivity contribution in [1.82, 2.24) is 0 Å². The zero-order chi connectivity index (χ0) is 11.6. The summed E-state index contributed by atoms with van der Waals surface area (Å²) in [5.74, 6) is -0.470. The molecule has 1 rings (SSSR count). The van der Waals surface area contributed by atoms with Gasteiger partial charge < -0.3 is 25.2 Å². The molecule has 1 heterocycles. The number of ketones is 1. The van der Waals surface area contributed by atoms with E-state index < -0.39 is 36.5 Å². The number of aliphatic hydroxyl groups is 4. The molecular formula is C9H16O6. The highest BCUT2D eigenvalue weighted by atomic mass is 16.6.